The summed E-state index contributed by atoms with van der Waals surface area (Å²) in [6, 6.07) is 4.68. The van der Waals surface area contributed by atoms with Gasteiger partial charge >= 0.3 is 0 Å². The smallest absolute Gasteiger partial charge is 0.272 e. The molecule has 0 saturated heterocycles. The fourth-order valence-corrected chi connectivity index (χ4v) is 3.38. The molecule has 0 spiro atoms. The number of nitrogens with zero attached hydrogens (tertiary/aromatic N) is 4. The van der Waals surface area contributed by atoms with E-state index in [9.17, 15) is 14.4 Å². The Balaban J connectivity index is 0.00000456. The van der Waals surface area contributed by atoms with Crippen molar-refractivity contribution < 1.29 is 19.3 Å². The van der Waals surface area contributed by atoms with Crippen LogP contribution in [0.2, 0.25) is 0 Å². The van der Waals surface area contributed by atoms with Crippen LogP contribution >= 0.6 is 12.4 Å². The number of hydroxylamine groups is 1. The number of nitrogen functional groups attached to an aromatic ring is 1. The number of nitrogens with one attached hydrogen (secondary N) is 4. The van der Waals surface area contributed by atoms with Gasteiger partial charge in [0.1, 0.15) is 23.4 Å². The quantitative estimate of drug-likeness (QED) is 0.0962. The molecule has 0 aliphatic rings. The van der Waals surface area contributed by atoms with Gasteiger partial charge in [0.25, 0.3) is 17.7 Å². The second-order valence-corrected chi connectivity index (χ2v) is 7.65. The highest BCUT2D eigenvalue weighted by atomic mass is 35.5. The van der Waals surface area contributed by atoms with Crippen LogP contribution in [-0.4, -0.2) is 50.9 Å². The van der Waals surface area contributed by atoms with Crippen LogP contribution in [0.25, 0.3) is 0 Å². The van der Waals surface area contributed by atoms with Crippen molar-refractivity contribution in [2.45, 2.75) is 0 Å². The minimum Gasteiger partial charge on any atom is -0.397 e. The monoisotopic (exact) mass is 520 g/mol. The summed E-state index contributed by atoms with van der Waals surface area (Å²) in [5, 5.41) is 8.25. The van der Waals surface area contributed by atoms with E-state index in [1.165, 1.54) is 6.34 Å². The predicted molar refractivity (Wildman–Crippen MR) is 138 cm³/mol. The molecule has 0 radical (unpaired) electrons. The van der Waals surface area contributed by atoms with Crippen LogP contribution in [-0.2, 0) is 26.1 Å². The van der Waals surface area contributed by atoms with Crippen molar-refractivity contribution in [3.63, 3.8) is 0 Å². The van der Waals surface area contributed by atoms with Gasteiger partial charge in [-0.05, 0) is 18.2 Å². The number of carbonyl (C=O) groups is 3. The predicted octanol–water partition coefficient (Wildman–Crippen LogP) is 0.364. The zero-order chi connectivity index (χ0) is 25.5. The van der Waals surface area contributed by atoms with Crippen molar-refractivity contribution in [2.24, 2.45) is 32.0 Å². The van der Waals surface area contributed by atoms with Crippen molar-refractivity contribution in [3.05, 3.63) is 53.9 Å². The molecule has 0 unspecified atom stereocenters. The third kappa shape index (κ3) is 6.88. The second-order valence-electron chi connectivity index (χ2n) is 7.65. The summed E-state index contributed by atoms with van der Waals surface area (Å²) >= 11 is 0. The summed E-state index contributed by atoms with van der Waals surface area (Å²) in [7, 11) is 5.10. The normalized spacial score (nSPS) is 10.7. The number of aliphatic imine (C=N–C) groups is 1. The minimum absolute atomic E-state index is 0. The van der Waals surface area contributed by atoms with Gasteiger partial charge in [-0.1, -0.05) is 0 Å². The number of hydrogen-bond donors (Lipinski definition) is 6. The summed E-state index contributed by atoms with van der Waals surface area (Å²) in [5.41, 5.74) is 10.4. The Morgan fingerprint density at radius 1 is 0.889 bits per heavy atom. The second kappa shape index (κ2) is 12.4. The van der Waals surface area contributed by atoms with E-state index in [-0.39, 0.29) is 24.2 Å². The number of carbonyl (C=O) groups excluding carboxylic acids is 3. The van der Waals surface area contributed by atoms with Crippen molar-refractivity contribution in [1.82, 2.24) is 24.5 Å². The van der Waals surface area contributed by atoms with E-state index in [0.717, 1.165) is 0 Å². The van der Waals surface area contributed by atoms with Gasteiger partial charge < -0.3 is 35.4 Å². The minimum atomic E-state index is -0.405. The van der Waals surface area contributed by atoms with E-state index < -0.39 is 5.91 Å². The maximum absolute atomic E-state index is 12.8. The fraction of sp³-hybridized carbons (Fsp3) is 0.238. The SMILES string of the molecule is Cl.Cn1cc(NC(=O)c2cc(NC(=O)c3cc(N)cn3C)cn2C)cc1C(=O)NCCN=CNON. The Morgan fingerprint density at radius 2 is 1.39 bits per heavy atom. The largest absolute Gasteiger partial charge is 0.397 e. The fourth-order valence-electron chi connectivity index (χ4n) is 3.38. The Hall–Kier alpha value is -4.27. The molecule has 3 rings (SSSR count). The number of hydrogen-bond acceptors (Lipinski definition) is 7. The number of nitrogens with two attached hydrogens (primary N) is 2. The molecular weight excluding hydrogens is 492 g/mol. The highest BCUT2D eigenvalue weighted by Crippen LogP contribution is 2.19. The average Bonchev–Trinajstić information content (AvgIpc) is 3.46. The first-order valence-corrected chi connectivity index (χ1v) is 10.4. The van der Waals surface area contributed by atoms with Crippen LogP contribution in [0, 0.1) is 0 Å². The molecule has 0 atom stereocenters. The highest BCUT2D eigenvalue weighted by molar-refractivity contribution is 6.07. The molecule has 3 amide bonds. The first kappa shape index (κ1) is 28.0. The molecule has 3 heterocycles. The molecular formula is C21H29ClN10O4. The van der Waals surface area contributed by atoms with Crippen LogP contribution in [0.3, 0.4) is 0 Å². The Bertz CT molecular complexity index is 1260. The summed E-state index contributed by atoms with van der Waals surface area (Å²) in [6.07, 6.45) is 6.15. The van der Waals surface area contributed by atoms with Crippen LogP contribution in [0.1, 0.15) is 31.5 Å². The third-order valence-electron chi connectivity index (χ3n) is 4.99. The van der Waals surface area contributed by atoms with E-state index in [1.54, 1.807) is 71.6 Å². The van der Waals surface area contributed by atoms with E-state index in [0.29, 0.717) is 47.2 Å². The maximum Gasteiger partial charge on any atom is 0.272 e. The van der Waals surface area contributed by atoms with Gasteiger partial charge in [0.2, 0.25) is 0 Å². The number of halogens is 1. The molecule has 0 fully saturated rings. The number of aromatic nitrogens is 3. The molecule has 36 heavy (non-hydrogen) atoms. The maximum atomic E-state index is 12.8. The summed E-state index contributed by atoms with van der Waals surface area (Å²) in [4.78, 5) is 45.8. The number of aryl methyl sites for hydroxylation is 3. The van der Waals surface area contributed by atoms with Gasteiger partial charge in [0.05, 0.1) is 23.6 Å². The molecule has 0 aliphatic carbocycles. The third-order valence-corrected chi connectivity index (χ3v) is 4.99. The molecule has 14 nitrogen and oxygen atoms in total. The van der Waals surface area contributed by atoms with Crippen LogP contribution in [0.15, 0.2) is 41.8 Å². The van der Waals surface area contributed by atoms with Gasteiger partial charge in [-0.25, -0.2) is 5.48 Å². The Labute approximate surface area is 213 Å². The molecule has 0 bridgehead atoms. The van der Waals surface area contributed by atoms with Crippen molar-refractivity contribution in [2.75, 3.05) is 29.5 Å². The zero-order valence-electron chi connectivity index (χ0n) is 19.9. The zero-order valence-corrected chi connectivity index (χ0v) is 20.8. The molecule has 8 N–H and O–H groups in total. The summed E-state index contributed by atoms with van der Waals surface area (Å²) < 4.78 is 4.80. The number of anilines is 3. The number of rotatable bonds is 10. The van der Waals surface area contributed by atoms with Crippen LogP contribution in [0.4, 0.5) is 17.1 Å². The Morgan fingerprint density at radius 3 is 1.89 bits per heavy atom. The summed E-state index contributed by atoms with van der Waals surface area (Å²) in [6.45, 7) is 0.613. The summed E-state index contributed by atoms with van der Waals surface area (Å²) in [5.74, 6) is 3.71. The molecule has 0 aromatic carbocycles. The lowest BCUT2D eigenvalue weighted by atomic mass is 10.3. The van der Waals surface area contributed by atoms with E-state index >= 15 is 0 Å². The molecule has 194 valence electrons. The molecule has 0 saturated carbocycles. The van der Waals surface area contributed by atoms with Gasteiger partial charge in [-0.15, -0.1) is 12.4 Å². The van der Waals surface area contributed by atoms with Crippen LogP contribution < -0.4 is 33.1 Å². The van der Waals surface area contributed by atoms with Gasteiger partial charge in [0, 0.05) is 46.3 Å². The van der Waals surface area contributed by atoms with Crippen LogP contribution in [0.5, 0.6) is 0 Å². The van der Waals surface area contributed by atoms with Gasteiger partial charge in [-0.2, -0.15) is 10.8 Å². The van der Waals surface area contributed by atoms with Gasteiger partial charge in [-0.3, -0.25) is 19.4 Å². The first-order chi connectivity index (χ1) is 16.7. The Kier molecular flexibility index (Phi) is 9.66. The lowest BCUT2D eigenvalue weighted by Gasteiger charge is -2.04. The van der Waals surface area contributed by atoms with Crippen molar-refractivity contribution in [3.8, 4) is 0 Å². The molecule has 3 aromatic heterocycles. The van der Waals surface area contributed by atoms with Crippen molar-refractivity contribution in [1.29, 1.82) is 0 Å². The topological polar surface area (TPSA) is 188 Å². The highest BCUT2D eigenvalue weighted by Gasteiger charge is 2.18. The van der Waals surface area contributed by atoms with Gasteiger partial charge in [0.15, 0.2) is 0 Å². The van der Waals surface area contributed by atoms with E-state index in [4.69, 9.17) is 11.6 Å². The number of amides is 3. The first-order valence-electron chi connectivity index (χ1n) is 10.4. The average molecular weight is 521 g/mol. The molecule has 3 aromatic rings. The lowest BCUT2D eigenvalue weighted by Crippen LogP contribution is -2.28. The standard InChI is InChI=1S/C21H28N10O4.ClH/c1-29-9-13(22)6-16(29)20(33)27-15-8-18(31(3)11-15)21(34)28-14-7-17(30(2)10-14)19(32)25-5-4-24-12-26-35-23;/h6-12H,4-5,22-23H2,1-3H3,(H,24,26)(H,25,32)(H,27,33)(H,28,34);1H. The molecule has 0 aliphatic heterocycles. The van der Waals surface area contributed by atoms with E-state index in [1.807, 2.05) is 0 Å². The molecule has 15 heteroatoms. The van der Waals surface area contributed by atoms with E-state index in [2.05, 4.69) is 31.4 Å². The lowest BCUT2D eigenvalue weighted by molar-refractivity contribution is 0.0899. The van der Waals surface area contributed by atoms with Crippen molar-refractivity contribution >= 4 is 53.5 Å².